The number of ether oxygens (including phenoxy) is 1. The maximum atomic E-state index is 12.9. The third-order valence-corrected chi connectivity index (χ3v) is 4.99. The van der Waals surface area contributed by atoms with Crippen LogP contribution in [0.5, 0.6) is 0 Å². The molecule has 0 aliphatic carbocycles. The lowest BCUT2D eigenvalue weighted by Crippen LogP contribution is -2.30. The van der Waals surface area contributed by atoms with Gasteiger partial charge in [-0.3, -0.25) is 9.69 Å². The molecule has 1 saturated heterocycles. The number of nitrogens with zero attached hydrogens (tertiary/aromatic N) is 1. The molecular weight excluding hydrogens is 467 g/mol. The minimum Gasteiger partial charge on any atom is -0.444 e. The van der Waals surface area contributed by atoms with E-state index < -0.39 is 23.8 Å². The maximum absolute atomic E-state index is 12.9. The van der Waals surface area contributed by atoms with Gasteiger partial charge < -0.3 is 10.1 Å². The lowest BCUT2D eigenvalue weighted by atomic mass is 10.1. The standard InChI is InChI=1S/C20H19BrCl2N2O3/c1-20(2,3)28-19(27)25-16(11-4-6-12(21)7-5-11)17(25)18(26)24-15-9-13(22)8-14(23)10-15/h4-10,16-17H,1-3H3,(H,24,26)/t16-,17+,25?/m1/s1. The first-order valence-electron chi connectivity index (χ1n) is 8.59. The number of benzene rings is 2. The van der Waals surface area contributed by atoms with Gasteiger partial charge in [0.05, 0.1) is 6.04 Å². The predicted octanol–water partition coefficient (Wildman–Crippen LogP) is 6.06. The van der Waals surface area contributed by atoms with Crippen molar-refractivity contribution in [2.75, 3.05) is 5.32 Å². The molecular formula is C20H19BrCl2N2O3. The Morgan fingerprint density at radius 1 is 1.07 bits per heavy atom. The van der Waals surface area contributed by atoms with E-state index in [1.165, 1.54) is 4.90 Å². The summed E-state index contributed by atoms with van der Waals surface area (Å²) >= 11 is 15.4. The number of rotatable bonds is 3. The summed E-state index contributed by atoms with van der Waals surface area (Å²) in [6, 6.07) is 11.2. The largest absolute Gasteiger partial charge is 0.444 e. The normalized spacial score (nSPS) is 18.6. The van der Waals surface area contributed by atoms with E-state index >= 15 is 0 Å². The van der Waals surface area contributed by atoms with Crippen molar-refractivity contribution >= 4 is 56.8 Å². The second-order valence-corrected chi connectivity index (χ2v) is 9.26. The monoisotopic (exact) mass is 484 g/mol. The smallest absolute Gasteiger partial charge is 0.411 e. The highest BCUT2D eigenvalue weighted by molar-refractivity contribution is 9.10. The summed E-state index contributed by atoms with van der Waals surface area (Å²) in [5.74, 6) is -0.336. The van der Waals surface area contributed by atoms with Crippen molar-refractivity contribution in [2.45, 2.75) is 38.5 Å². The van der Waals surface area contributed by atoms with Gasteiger partial charge in [0.1, 0.15) is 11.6 Å². The minimum atomic E-state index is -0.686. The van der Waals surface area contributed by atoms with Crippen LogP contribution in [0.3, 0.4) is 0 Å². The Morgan fingerprint density at radius 2 is 1.64 bits per heavy atom. The molecule has 5 nitrogen and oxygen atoms in total. The molecule has 0 aromatic heterocycles. The van der Waals surface area contributed by atoms with E-state index in [-0.39, 0.29) is 5.91 Å². The van der Waals surface area contributed by atoms with Gasteiger partial charge in [-0.15, -0.1) is 0 Å². The van der Waals surface area contributed by atoms with Crippen LogP contribution >= 0.6 is 39.1 Å². The van der Waals surface area contributed by atoms with Crippen LogP contribution in [0.1, 0.15) is 32.4 Å². The first-order valence-corrected chi connectivity index (χ1v) is 10.1. The summed E-state index contributed by atoms with van der Waals surface area (Å²) in [4.78, 5) is 26.9. The van der Waals surface area contributed by atoms with E-state index in [2.05, 4.69) is 21.2 Å². The van der Waals surface area contributed by atoms with E-state index in [0.717, 1.165) is 10.0 Å². The zero-order chi connectivity index (χ0) is 20.6. The highest BCUT2D eigenvalue weighted by Crippen LogP contribution is 2.45. The zero-order valence-corrected chi connectivity index (χ0v) is 18.6. The SMILES string of the molecule is CC(C)(C)OC(=O)N1[C@H](C(=O)Nc2cc(Cl)cc(Cl)c2)[C@H]1c1ccc(Br)cc1. The molecule has 1 fully saturated rings. The molecule has 1 aliphatic heterocycles. The Morgan fingerprint density at radius 3 is 2.18 bits per heavy atom. The topological polar surface area (TPSA) is 58.4 Å². The van der Waals surface area contributed by atoms with Crippen LogP contribution in [-0.2, 0) is 9.53 Å². The molecule has 1 heterocycles. The maximum Gasteiger partial charge on any atom is 0.411 e. The highest BCUT2D eigenvalue weighted by atomic mass is 79.9. The van der Waals surface area contributed by atoms with Crippen LogP contribution in [0.2, 0.25) is 10.0 Å². The predicted molar refractivity (Wildman–Crippen MR) is 114 cm³/mol. The van der Waals surface area contributed by atoms with Gasteiger partial charge in [0.15, 0.2) is 0 Å². The Balaban J connectivity index is 1.83. The molecule has 0 radical (unpaired) electrons. The zero-order valence-electron chi connectivity index (χ0n) is 15.5. The lowest BCUT2D eigenvalue weighted by molar-refractivity contribution is -0.116. The van der Waals surface area contributed by atoms with Crippen molar-refractivity contribution in [3.63, 3.8) is 0 Å². The van der Waals surface area contributed by atoms with Gasteiger partial charge in [0.25, 0.3) is 0 Å². The van der Waals surface area contributed by atoms with Crippen molar-refractivity contribution < 1.29 is 14.3 Å². The molecule has 3 rings (SSSR count). The summed E-state index contributed by atoms with van der Waals surface area (Å²) in [6.45, 7) is 5.35. The molecule has 2 aromatic carbocycles. The fourth-order valence-electron chi connectivity index (χ4n) is 2.89. The second kappa shape index (κ2) is 7.93. The van der Waals surface area contributed by atoms with Crippen molar-refractivity contribution in [3.05, 3.63) is 62.5 Å². The highest BCUT2D eigenvalue weighted by Gasteiger charge is 2.57. The van der Waals surface area contributed by atoms with E-state index in [9.17, 15) is 9.59 Å². The van der Waals surface area contributed by atoms with Crippen LogP contribution in [-0.4, -0.2) is 28.5 Å². The molecule has 2 aromatic rings. The first-order chi connectivity index (χ1) is 13.0. The lowest BCUT2D eigenvalue weighted by Gasteiger charge is -2.20. The summed E-state index contributed by atoms with van der Waals surface area (Å²) < 4.78 is 6.37. The Kier molecular flexibility index (Phi) is 5.94. The number of carbonyl (C=O) groups is 2. The fraction of sp³-hybridized carbons (Fsp3) is 0.300. The van der Waals surface area contributed by atoms with Crippen molar-refractivity contribution in [3.8, 4) is 0 Å². The molecule has 0 unspecified atom stereocenters. The average Bonchev–Trinajstić information content (AvgIpc) is 3.28. The number of nitrogens with one attached hydrogen (secondary N) is 1. The molecule has 148 valence electrons. The van der Waals surface area contributed by atoms with E-state index in [4.69, 9.17) is 27.9 Å². The van der Waals surface area contributed by atoms with Gasteiger partial charge >= 0.3 is 6.09 Å². The van der Waals surface area contributed by atoms with Gasteiger partial charge in [0.2, 0.25) is 5.91 Å². The molecule has 1 aliphatic rings. The molecule has 0 spiro atoms. The summed E-state index contributed by atoms with van der Waals surface area (Å²) in [5.41, 5.74) is 0.650. The summed E-state index contributed by atoms with van der Waals surface area (Å²) in [6.07, 6.45) is -0.537. The Labute approximate surface area is 182 Å². The number of amides is 2. The quantitative estimate of drug-likeness (QED) is 0.538. The molecule has 8 heteroatoms. The third kappa shape index (κ3) is 4.99. The number of anilines is 1. The van der Waals surface area contributed by atoms with E-state index in [1.807, 2.05) is 24.3 Å². The van der Waals surface area contributed by atoms with E-state index in [0.29, 0.717) is 15.7 Å². The molecule has 28 heavy (non-hydrogen) atoms. The molecule has 2 atom stereocenters. The van der Waals surface area contributed by atoms with Gasteiger partial charge in [-0.25, -0.2) is 4.79 Å². The van der Waals surface area contributed by atoms with Crippen LogP contribution in [0.4, 0.5) is 10.5 Å². The summed E-state index contributed by atoms with van der Waals surface area (Å²) in [7, 11) is 0. The number of carbonyl (C=O) groups excluding carboxylic acids is 2. The van der Waals surface area contributed by atoms with Crippen LogP contribution in [0, 0.1) is 0 Å². The second-order valence-electron chi connectivity index (χ2n) is 7.48. The number of halogens is 3. The molecule has 0 bridgehead atoms. The van der Waals surface area contributed by atoms with Gasteiger partial charge in [0, 0.05) is 20.2 Å². The minimum absolute atomic E-state index is 0.336. The number of hydrogen-bond acceptors (Lipinski definition) is 3. The van der Waals surface area contributed by atoms with Crippen LogP contribution in [0.25, 0.3) is 0 Å². The van der Waals surface area contributed by atoms with Crippen LogP contribution in [0.15, 0.2) is 46.9 Å². The average molecular weight is 486 g/mol. The summed E-state index contributed by atoms with van der Waals surface area (Å²) in [5, 5.41) is 3.60. The van der Waals surface area contributed by atoms with E-state index in [1.54, 1.807) is 39.0 Å². The Hall–Kier alpha value is -1.76. The van der Waals surface area contributed by atoms with Gasteiger partial charge in [-0.2, -0.15) is 0 Å². The Bertz CT molecular complexity index is 892. The first kappa shape index (κ1) is 21.0. The fourth-order valence-corrected chi connectivity index (χ4v) is 3.68. The third-order valence-electron chi connectivity index (χ3n) is 4.02. The van der Waals surface area contributed by atoms with Gasteiger partial charge in [-0.1, -0.05) is 51.3 Å². The van der Waals surface area contributed by atoms with Gasteiger partial charge in [-0.05, 0) is 56.7 Å². The number of hydrogen-bond donors (Lipinski definition) is 1. The van der Waals surface area contributed by atoms with Crippen molar-refractivity contribution in [1.82, 2.24) is 4.90 Å². The molecule has 2 amide bonds. The van der Waals surface area contributed by atoms with Crippen molar-refractivity contribution in [2.24, 2.45) is 0 Å². The van der Waals surface area contributed by atoms with Crippen LogP contribution < -0.4 is 5.32 Å². The molecule has 0 saturated carbocycles. The van der Waals surface area contributed by atoms with Crippen molar-refractivity contribution in [1.29, 1.82) is 0 Å². The molecule has 1 N–H and O–H groups in total.